The van der Waals surface area contributed by atoms with E-state index in [-0.39, 0.29) is 18.5 Å². The Morgan fingerprint density at radius 3 is 2.29 bits per heavy atom. The molecule has 0 radical (unpaired) electrons. The molecular weight excluding hydrogens is 528 g/mol. The second-order valence-electron chi connectivity index (χ2n) is 9.78. The van der Waals surface area contributed by atoms with Crippen LogP contribution < -0.4 is 19.5 Å². The molecule has 0 spiro atoms. The first-order chi connectivity index (χ1) is 19.8. The summed E-state index contributed by atoms with van der Waals surface area (Å²) in [4.78, 5) is 45.3. The summed E-state index contributed by atoms with van der Waals surface area (Å²) in [5, 5.41) is 2.94. The lowest BCUT2D eigenvalue weighted by Gasteiger charge is -2.37. The summed E-state index contributed by atoms with van der Waals surface area (Å²) in [5.74, 6) is 1.20. The zero-order chi connectivity index (χ0) is 29.5. The van der Waals surface area contributed by atoms with E-state index in [9.17, 15) is 14.4 Å². The molecule has 11 heteroatoms. The number of methoxy groups -OCH3 is 3. The van der Waals surface area contributed by atoms with E-state index in [1.54, 1.807) is 70.7 Å². The summed E-state index contributed by atoms with van der Waals surface area (Å²) < 4.78 is 21.7. The normalized spacial score (nSPS) is 18.0. The van der Waals surface area contributed by atoms with Crippen LogP contribution in [0.25, 0.3) is 0 Å². The van der Waals surface area contributed by atoms with Gasteiger partial charge in [0.15, 0.2) is 0 Å². The fourth-order valence-electron chi connectivity index (χ4n) is 5.16. The topological polar surface area (TPSA) is 110 Å². The molecule has 2 aliphatic rings. The van der Waals surface area contributed by atoms with Gasteiger partial charge in [-0.3, -0.25) is 14.6 Å². The minimum absolute atomic E-state index is 0.0414. The van der Waals surface area contributed by atoms with Gasteiger partial charge in [-0.1, -0.05) is 0 Å². The van der Waals surface area contributed by atoms with Crippen LogP contribution >= 0.6 is 0 Å². The number of carbonyl (C=O) groups excluding carboxylic acids is 3. The van der Waals surface area contributed by atoms with Crippen molar-refractivity contribution in [3.63, 3.8) is 0 Å². The number of amides is 3. The van der Waals surface area contributed by atoms with E-state index < -0.39 is 12.0 Å². The minimum atomic E-state index is -0.807. The van der Waals surface area contributed by atoms with Crippen LogP contribution in [-0.4, -0.2) is 100 Å². The largest absolute Gasteiger partial charge is 0.497 e. The van der Waals surface area contributed by atoms with Crippen molar-refractivity contribution in [3.8, 4) is 17.2 Å². The third kappa shape index (κ3) is 6.57. The van der Waals surface area contributed by atoms with Crippen molar-refractivity contribution in [1.82, 2.24) is 20.0 Å². The van der Waals surface area contributed by atoms with Crippen molar-refractivity contribution < 1.29 is 33.3 Å². The molecule has 0 aliphatic carbocycles. The lowest BCUT2D eigenvalue weighted by Crippen LogP contribution is -2.49. The Kier molecular flexibility index (Phi) is 9.72. The standard InChI is InChI=1S/C30H38N4O7/c1-6-41-29(36)26-24(32(2)30(37)31-27(26)23-18-22(39-4)12-13-25(23)40-5)19-33-14-7-15-34(17-16-33)28(35)20-8-10-21(38-3)11-9-20/h8-13,18,27H,6-7,14-17,19H2,1-5H3,(H,31,37)/t27-/m1/s1. The Bertz CT molecular complexity index is 1290. The maximum Gasteiger partial charge on any atom is 0.338 e. The lowest BCUT2D eigenvalue weighted by molar-refractivity contribution is -0.139. The van der Waals surface area contributed by atoms with E-state index in [0.717, 1.165) is 6.42 Å². The fraction of sp³-hybridized carbons (Fsp3) is 0.433. The van der Waals surface area contributed by atoms with E-state index in [4.69, 9.17) is 18.9 Å². The molecule has 0 aromatic heterocycles. The molecule has 2 aromatic rings. The molecule has 2 heterocycles. The van der Waals surface area contributed by atoms with Crippen molar-refractivity contribution in [2.45, 2.75) is 19.4 Å². The molecule has 220 valence electrons. The number of urea groups is 1. The molecule has 2 aliphatic heterocycles. The second kappa shape index (κ2) is 13.4. The number of nitrogens with one attached hydrogen (secondary N) is 1. The van der Waals surface area contributed by atoms with Gasteiger partial charge in [0.05, 0.1) is 39.6 Å². The highest BCUT2D eigenvalue weighted by Crippen LogP contribution is 2.38. The predicted molar refractivity (Wildman–Crippen MR) is 152 cm³/mol. The zero-order valence-corrected chi connectivity index (χ0v) is 24.3. The van der Waals surface area contributed by atoms with Crippen molar-refractivity contribution >= 4 is 17.9 Å². The SMILES string of the molecule is CCOC(=O)C1=C(CN2CCCN(C(=O)c3ccc(OC)cc3)CC2)N(C)C(=O)N[C@@H]1c1cc(OC)ccc1OC. The Hall–Kier alpha value is -4.25. The quantitative estimate of drug-likeness (QED) is 0.462. The van der Waals surface area contributed by atoms with Gasteiger partial charge in [-0.05, 0) is 55.8 Å². The van der Waals surface area contributed by atoms with Crippen LogP contribution in [-0.2, 0) is 9.53 Å². The molecular formula is C30H38N4O7. The average Bonchev–Trinajstić information content (AvgIpc) is 3.24. The number of hydrogen-bond acceptors (Lipinski definition) is 8. The summed E-state index contributed by atoms with van der Waals surface area (Å²) in [7, 11) is 6.31. The Morgan fingerprint density at radius 2 is 1.63 bits per heavy atom. The molecule has 3 amide bonds. The van der Waals surface area contributed by atoms with Gasteiger partial charge in [-0.15, -0.1) is 0 Å². The van der Waals surface area contributed by atoms with Gasteiger partial charge < -0.3 is 29.2 Å². The number of ether oxygens (including phenoxy) is 4. The molecule has 1 saturated heterocycles. The highest BCUT2D eigenvalue weighted by molar-refractivity contribution is 5.95. The van der Waals surface area contributed by atoms with Crippen molar-refractivity contribution in [3.05, 3.63) is 64.9 Å². The number of nitrogens with zero attached hydrogens (tertiary/aromatic N) is 3. The number of rotatable bonds is 9. The van der Waals surface area contributed by atoms with Gasteiger partial charge in [0.1, 0.15) is 17.2 Å². The molecule has 0 bridgehead atoms. The van der Waals surface area contributed by atoms with Gasteiger partial charge >= 0.3 is 12.0 Å². The number of esters is 1. The van der Waals surface area contributed by atoms with Crippen molar-refractivity contribution in [2.75, 3.05) is 67.7 Å². The predicted octanol–water partition coefficient (Wildman–Crippen LogP) is 3.07. The molecule has 2 aromatic carbocycles. The van der Waals surface area contributed by atoms with Crippen LogP contribution in [0, 0.1) is 0 Å². The third-order valence-corrected chi connectivity index (χ3v) is 7.41. The Labute approximate surface area is 240 Å². The summed E-state index contributed by atoms with van der Waals surface area (Å²) in [6, 6.07) is 11.2. The summed E-state index contributed by atoms with van der Waals surface area (Å²) in [5.41, 5.74) is 2.05. The van der Waals surface area contributed by atoms with Gasteiger partial charge in [0, 0.05) is 56.6 Å². The van der Waals surface area contributed by atoms with Gasteiger partial charge in [0.2, 0.25) is 0 Å². The van der Waals surface area contributed by atoms with Gasteiger partial charge in [-0.25, -0.2) is 9.59 Å². The fourth-order valence-corrected chi connectivity index (χ4v) is 5.16. The number of likely N-dealkylation sites (N-methyl/N-ethyl adjacent to an activating group) is 1. The van der Waals surface area contributed by atoms with Crippen LogP contribution in [0.2, 0.25) is 0 Å². The zero-order valence-electron chi connectivity index (χ0n) is 24.3. The minimum Gasteiger partial charge on any atom is -0.497 e. The highest BCUT2D eigenvalue weighted by Gasteiger charge is 2.39. The number of carbonyl (C=O) groups is 3. The molecule has 4 rings (SSSR count). The number of hydrogen-bond donors (Lipinski definition) is 1. The first-order valence-corrected chi connectivity index (χ1v) is 13.6. The molecule has 0 saturated carbocycles. The van der Waals surface area contributed by atoms with E-state index in [1.807, 2.05) is 4.90 Å². The summed E-state index contributed by atoms with van der Waals surface area (Å²) in [6.45, 7) is 4.63. The second-order valence-corrected chi connectivity index (χ2v) is 9.78. The summed E-state index contributed by atoms with van der Waals surface area (Å²) in [6.07, 6.45) is 0.743. The molecule has 1 N–H and O–H groups in total. The van der Waals surface area contributed by atoms with E-state index in [0.29, 0.717) is 72.4 Å². The first kappa shape index (κ1) is 29.7. The molecule has 11 nitrogen and oxygen atoms in total. The van der Waals surface area contributed by atoms with Crippen LogP contribution in [0.1, 0.15) is 35.3 Å². The molecule has 41 heavy (non-hydrogen) atoms. The monoisotopic (exact) mass is 566 g/mol. The van der Waals surface area contributed by atoms with E-state index in [1.165, 1.54) is 12.0 Å². The smallest absolute Gasteiger partial charge is 0.338 e. The van der Waals surface area contributed by atoms with Crippen LogP contribution in [0.3, 0.4) is 0 Å². The Morgan fingerprint density at radius 1 is 0.927 bits per heavy atom. The van der Waals surface area contributed by atoms with Crippen molar-refractivity contribution in [2.24, 2.45) is 0 Å². The lowest BCUT2D eigenvalue weighted by atomic mass is 9.93. The molecule has 1 atom stereocenters. The van der Waals surface area contributed by atoms with Crippen LogP contribution in [0.5, 0.6) is 17.2 Å². The van der Waals surface area contributed by atoms with E-state index >= 15 is 0 Å². The average molecular weight is 567 g/mol. The third-order valence-electron chi connectivity index (χ3n) is 7.41. The highest BCUT2D eigenvalue weighted by atomic mass is 16.5. The molecule has 0 unspecified atom stereocenters. The molecule has 1 fully saturated rings. The van der Waals surface area contributed by atoms with Crippen LogP contribution in [0.15, 0.2) is 53.7 Å². The maximum absolute atomic E-state index is 13.4. The Balaban J connectivity index is 1.63. The van der Waals surface area contributed by atoms with Gasteiger partial charge in [0.25, 0.3) is 5.91 Å². The summed E-state index contributed by atoms with van der Waals surface area (Å²) >= 11 is 0. The number of benzene rings is 2. The van der Waals surface area contributed by atoms with Crippen LogP contribution in [0.4, 0.5) is 4.79 Å². The van der Waals surface area contributed by atoms with Gasteiger partial charge in [-0.2, -0.15) is 0 Å². The maximum atomic E-state index is 13.4. The van der Waals surface area contributed by atoms with Crippen molar-refractivity contribution in [1.29, 1.82) is 0 Å². The van der Waals surface area contributed by atoms with E-state index in [2.05, 4.69) is 10.2 Å². The first-order valence-electron chi connectivity index (χ1n) is 13.6.